The molecule has 0 aliphatic carbocycles. The van der Waals surface area contributed by atoms with Crippen molar-refractivity contribution in [2.24, 2.45) is 5.92 Å². The number of nitrogens with one attached hydrogen (secondary N) is 1. The summed E-state index contributed by atoms with van der Waals surface area (Å²) in [5.74, 6) is 0.794. The zero-order valence-corrected chi connectivity index (χ0v) is 21.2. The first-order valence-corrected chi connectivity index (χ1v) is 12.9. The third-order valence-corrected chi connectivity index (χ3v) is 7.69. The molecule has 3 aromatic carbocycles. The molecule has 2 aliphatic heterocycles. The maximum atomic E-state index is 13.4. The zero-order chi connectivity index (χ0) is 26.2. The lowest BCUT2D eigenvalue weighted by molar-refractivity contribution is -0.115. The Balaban J connectivity index is 1.18. The number of hydrogen-bond donors (Lipinski definition) is 1. The number of amides is 2. The van der Waals surface area contributed by atoms with Crippen LogP contribution in [0.15, 0.2) is 83.7 Å². The molecule has 7 nitrogen and oxygen atoms in total. The minimum Gasteiger partial charge on any atom is -0.497 e. The molecule has 4 aromatic rings. The lowest BCUT2D eigenvalue weighted by Crippen LogP contribution is -2.49. The molecule has 3 heterocycles. The third-order valence-electron chi connectivity index (χ3n) is 7.69. The Kier molecular flexibility index (Phi) is 6.19. The maximum absolute atomic E-state index is 13.4. The monoisotopic (exact) mass is 507 g/mol. The van der Waals surface area contributed by atoms with Crippen LogP contribution in [0.4, 0.5) is 5.69 Å². The van der Waals surface area contributed by atoms with Crippen molar-refractivity contribution in [2.45, 2.75) is 25.3 Å². The number of anilines is 1. The molecule has 0 spiro atoms. The molecular formula is C31H29N3O4. The van der Waals surface area contributed by atoms with Gasteiger partial charge in [-0.25, -0.2) is 0 Å². The Bertz CT molecular complexity index is 1590. The number of carbonyl (C=O) groups excluding carboxylic acids is 2. The van der Waals surface area contributed by atoms with Crippen LogP contribution in [0.2, 0.25) is 0 Å². The van der Waals surface area contributed by atoms with Gasteiger partial charge in [0.05, 0.1) is 13.5 Å². The predicted molar refractivity (Wildman–Crippen MR) is 147 cm³/mol. The predicted octanol–water partition coefficient (Wildman–Crippen LogP) is 4.45. The van der Waals surface area contributed by atoms with Gasteiger partial charge < -0.3 is 19.5 Å². The smallest absolute Gasteiger partial charge is 0.274 e. The summed E-state index contributed by atoms with van der Waals surface area (Å²) in [5, 5.41) is 4.96. The number of hydrogen-bond acceptors (Lipinski definition) is 4. The zero-order valence-electron chi connectivity index (χ0n) is 21.2. The van der Waals surface area contributed by atoms with E-state index in [2.05, 4.69) is 5.32 Å². The van der Waals surface area contributed by atoms with Crippen LogP contribution in [0.25, 0.3) is 10.8 Å². The second-order valence-corrected chi connectivity index (χ2v) is 10.2. The number of benzene rings is 3. The molecule has 38 heavy (non-hydrogen) atoms. The molecule has 6 rings (SSSR count). The number of piperidine rings is 1. The van der Waals surface area contributed by atoms with E-state index in [0.29, 0.717) is 25.2 Å². The summed E-state index contributed by atoms with van der Waals surface area (Å²) < 4.78 is 6.95. The molecule has 2 unspecified atom stereocenters. The van der Waals surface area contributed by atoms with Crippen molar-refractivity contribution in [3.05, 3.63) is 106 Å². The lowest BCUT2D eigenvalue weighted by Gasteiger charge is -2.43. The number of likely N-dealkylation sites (tertiary alicyclic amines) is 1. The molecule has 1 N–H and O–H groups in total. The average molecular weight is 508 g/mol. The molecule has 2 aliphatic rings. The second-order valence-electron chi connectivity index (χ2n) is 10.2. The van der Waals surface area contributed by atoms with Gasteiger partial charge in [-0.15, -0.1) is 0 Å². The summed E-state index contributed by atoms with van der Waals surface area (Å²) in [4.78, 5) is 41.3. The largest absolute Gasteiger partial charge is 0.497 e. The van der Waals surface area contributed by atoms with Crippen LogP contribution in [0.3, 0.4) is 0 Å². The lowest BCUT2D eigenvalue weighted by atomic mass is 9.83. The van der Waals surface area contributed by atoms with Gasteiger partial charge in [0.15, 0.2) is 0 Å². The van der Waals surface area contributed by atoms with Crippen molar-refractivity contribution < 1.29 is 14.3 Å². The highest BCUT2D eigenvalue weighted by molar-refractivity contribution is 5.98. The van der Waals surface area contributed by atoms with Crippen molar-refractivity contribution in [3.63, 3.8) is 0 Å². The summed E-state index contributed by atoms with van der Waals surface area (Å²) in [7, 11) is 1.60. The van der Waals surface area contributed by atoms with Crippen molar-refractivity contribution >= 4 is 28.3 Å². The van der Waals surface area contributed by atoms with Crippen LogP contribution >= 0.6 is 0 Å². The van der Waals surface area contributed by atoms with Crippen molar-refractivity contribution in [2.75, 3.05) is 25.5 Å². The van der Waals surface area contributed by atoms with Crippen LogP contribution in [0.1, 0.15) is 34.0 Å². The van der Waals surface area contributed by atoms with Gasteiger partial charge in [-0.2, -0.15) is 0 Å². The molecule has 0 saturated carbocycles. The highest BCUT2D eigenvalue weighted by Gasteiger charge is 2.37. The van der Waals surface area contributed by atoms with Crippen LogP contribution in [-0.4, -0.2) is 41.5 Å². The minimum absolute atomic E-state index is 0.0312. The topological polar surface area (TPSA) is 80.6 Å². The van der Waals surface area contributed by atoms with Gasteiger partial charge in [0, 0.05) is 36.8 Å². The molecule has 1 aromatic heterocycles. The highest BCUT2D eigenvalue weighted by atomic mass is 16.5. The molecule has 2 amide bonds. The van der Waals surface area contributed by atoms with Crippen LogP contribution in [-0.2, 0) is 17.8 Å². The summed E-state index contributed by atoms with van der Waals surface area (Å²) in [6, 6.07) is 24.8. The van der Waals surface area contributed by atoms with E-state index in [1.807, 2.05) is 77.7 Å². The van der Waals surface area contributed by atoms with Crippen molar-refractivity contribution in [3.8, 4) is 5.75 Å². The van der Waals surface area contributed by atoms with E-state index >= 15 is 0 Å². The van der Waals surface area contributed by atoms with Gasteiger partial charge in [-0.05, 0) is 65.1 Å². The van der Waals surface area contributed by atoms with E-state index in [1.54, 1.807) is 17.7 Å². The fraction of sp³-hybridized carbons (Fsp3) is 0.258. The summed E-state index contributed by atoms with van der Waals surface area (Å²) >= 11 is 0. The number of rotatable bonds is 5. The summed E-state index contributed by atoms with van der Waals surface area (Å²) in [6.45, 7) is 1.72. The first-order valence-electron chi connectivity index (χ1n) is 12.9. The third kappa shape index (κ3) is 4.56. The minimum atomic E-state index is -0.240. The quantitative estimate of drug-likeness (QED) is 0.433. The van der Waals surface area contributed by atoms with Gasteiger partial charge in [0.25, 0.3) is 11.5 Å². The molecule has 2 bridgehead atoms. The fourth-order valence-electron chi connectivity index (χ4n) is 5.83. The van der Waals surface area contributed by atoms with Gasteiger partial charge in [0.1, 0.15) is 11.4 Å². The summed E-state index contributed by atoms with van der Waals surface area (Å²) in [6.07, 6.45) is 1.12. The summed E-state index contributed by atoms with van der Waals surface area (Å²) in [5.41, 5.74) is 2.56. The standard InChI is InChI=1S/C31H29N3O4/c1-38-26-10-6-20(7-11-26)15-29(35)32-27-12-13-28-25-14-21(18-34(28)31(27)37)17-33(19-25)30(36)24-9-8-22-4-2-3-5-23(22)16-24/h2-13,16,21,25H,14-15,17-19H2,1H3,(H,32,35). The van der Waals surface area contributed by atoms with Crippen molar-refractivity contribution in [1.29, 1.82) is 0 Å². The Morgan fingerprint density at radius 2 is 1.71 bits per heavy atom. The molecule has 1 fully saturated rings. The van der Waals surface area contributed by atoms with E-state index < -0.39 is 0 Å². The number of methoxy groups -OCH3 is 1. The number of fused-ring (bicyclic) bond motifs is 5. The Labute approximate surface area is 220 Å². The average Bonchev–Trinajstić information content (AvgIpc) is 2.94. The van der Waals surface area contributed by atoms with E-state index in [-0.39, 0.29) is 41.3 Å². The Hall–Kier alpha value is -4.39. The van der Waals surface area contributed by atoms with Gasteiger partial charge >= 0.3 is 0 Å². The number of ether oxygens (including phenoxy) is 1. The normalized spacial score (nSPS) is 18.1. The first-order chi connectivity index (χ1) is 18.5. The molecule has 2 atom stereocenters. The first kappa shape index (κ1) is 24.0. The molecule has 7 heteroatoms. The van der Waals surface area contributed by atoms with Crippen LogP contribution in [0, 0.1) is 5.92 Å². The van der Waals surface area contributed by atoms with E-state index in [4.69, 9.17) is 4.74 Å². The van der Waals surface area contributed by atoms with Crippen molar-refractivity contribution in [1.82, 2.24) is 9.47 Å². The fourth-order valence-corrected chi connectivity index (χ4v) is 5.83. The molecule has 192 valence electrons. The van der Waals surface area contributed by atoms with E-state index in [1.165, 1.54) is 0 Å². The van der Waals surface area contributed by atoms with Gasteiger partial charge in [-0.3, -0.25) is 14.4 Å². The van der Waals surface area contributed by atoms with Gasteiger partial charge in [0.2, 0.25) is 5.91 Å². The van der Waals surface area contributed by atoms with E-state index in [9.17, 15) is 14.4 Å². The van der Waals surface area contributed by atoms with Gasteiger partial charge in [-0.1, -0.05) is 42.5 Å². The molecule has 0 radical (unpaired) electrons. The van der Waals surface area contributed by atoms with Crippen LogP contribution < -0.4 is 15.6 Å². The molecular weight excluding hydrogens is 478 g/mol. The van der Waals surface area contributed by atoms with E-state index in [0.717, 1.165) is 34.2 Å². The highest BCUT2D eigenvalue weighted by Crippen LogP contribution is 2.36. The molecule has 1 saturated heterocycles. The maximum Gasteiger partial charge on any atom is 0.274 e. The number of aromatic nitrogens is 1. The Morgan fingerprint density at radius 3 is 2.50 bits per heavy atom. The SMILES string of the molecule is COc1ccc(CC(=O)Nc2ccc3n(c2=O)CC2CC3CN(C(=O)c3ccc4ccccc4c3)C2)cc1. The number of carbonyl (C=O) groups is 2. The number of pyridine rings is 1. The Morgan fingerprint density at radius 1 is 0.921 bits per heavy atom. The second kappa shape index (κ2) is 9.82. The van der Waals surface area contributed by atoms with Crippen LogP contribution in [0.5, 0.6) is 5.75 Å². The number of nitrogens with zero attached hydrogens (tertiary/aromatic N) is 2.